The van der Waals surface area contributed by atoms with Crippen molar-refractivity contribution < 1.29 is 9.53 Å². The van der Waals surface area contributed by atoms with Gasteiger partial charge < -0.3 is 14.5 Å². The predicted molar refractivity (Wildman–Crippen MR) is 111 cm³/mol. The Morgan fingerprint density at radius 2 is 2.03 bits per heavy atom. The molecule has 0 radical (unpaired) electrons. The van der Waals surface area contributed by atoms with Gasteiger partial charge in [-0.05, 0) is 43.0 Å². The molecule has 0 bridgehead atoms. The summed E-state index contributed by atoms with van der Waals surface area (Å²) in [4.78, 5) is 15.2. The van der Waals surface area contributed by atoms with Crippen LogP contribution in [0.2, 0.25) is 0 Å². The second-order valence-corrected chi connectivity index (χ2v) is 7.98. The average Bonchev–Trinajstić information content (AvgIpc) is 3.30. The Morgan fingerprint density at radius 1 is 1.17 bits per heavy atom. The number of hydrogen-bond acceptors (Lipinski definition) is 4. The Bertz CT molecular complexity index is 998. The van der Waals surface area contributed by atoms with E-state index in [1.807, 2.05) is 47.4 Å². The Kier molecular flexibility index (Phi) is 5.08. The van der Waals surface area contributed by atoms with Gasteiger partial charge in [0.15, 0.2) is 0 Å². The quantitative estimate of drug-likeness (QED) is 0.669. The van der Waals surface area contributed by atoms with E-state index < -0.39 is 0 Å². The molecule has 0 spiro atoms. The number of amides is 1. The number of pyridine rings is 1. The van der Waals surface area contributed by atoms with E-state index >= 15 is 0 Å². The Balaban J connectivity index is 1.33. The molecule has 7 heteroatoms. The highest BCUT2D eigenvalue weighted by Crippen LogP contribution is 2.31. The van der Waals surface area contributed by atoms with Crippen molar-refractivity contribution in [2.24, 2.45) is 5.92 Å². The standard InChI is InChI=1S/C22H27N5O2/c28-22(23-7-10-25-11-13-29-14-12-25)18-15-21(27-8-2-1-3-20(18)27)19-6-9-26(24-19)16-17-4-5-17/h1-3,6,8-9,15,17H,4-5,7,10-14,16H2,(H,23,28). The molecule has 1 saturated heterocycles. The van der Waals surface area contributed by atoms with E-state index in [2.05, 4.69) is 14.6 Å². The molecule has 2 aliphatic rings. The van der Waals surface area contributed by atoms with E-state index in [0.717, 1.165) is 62.2 Å². The van der Waals surface area contributed by atoms with E-state index in [1.54, 1.807) is 0 Å². The van der Waals surface area contributed by atoms with Crippen molar-refractivity contribution >= 4 is 11.4 Å². The van der Waals surface area contributed by atoms with Gasteiger partial charge in [0.25, 0.3) is 5.91 Å². The fourth-order valence-electron chi connectivity index (χ4n) is 3.94. The molecule has 4 heterocycles. The molecular weight excluding hydrogens is 366 g/mol. The van der Waals surface area contributed by atoms with Crippen molar-refractivity contribution in [3.05, 3.63) is 48.3 Å². The van der Waals surface area contributed by atoms with Crippen LogP contribution >= 0.6 is 0 Å². The van der Waals surface area contributed by atoms with Gasteiger partial charge in [-0.3, -0.25) is 14.4 Å². The van der Waals surface area contributed by atoms with E-state index in [1.165, 1.54) is 12.8 Å². The molecule has 3 aromatic rings. The van der Waals surface area contributed by atoms with Gasteiger partial charge in [0.1, 0.15) is 5.69 Å². The fraction of sp³-hybridized carbons (Fsp3) is 0.455. The molecule has 1 amide bonds. The normalized spacial score (nSPS) is 17.7. The highest BCUT2D eigenvalue weighted by Gasteiger charge is 2.23. The van der Waals surface area contributed by atoms with Crippen molar-refractivity contribution in [2.75, 3.05) is 39.4 Å². The van der Waals surface area contributed by atoms with Crippen LogP contribution in [-0.4, -0.2) is 64.4 Å². The molecule has 5 rings (SSSR count). The monoisotopic (exact) mass is 393 g/mol. The number of carbonyl (C=O) groups is 1. The Hall–Kier alpha value is -2.64. The van der Waals surface area contributed by atoms with Gasteiger partial charge in [-0.25, -0.2) is 0 Å². The highest BCUT2D eigenvalue weighted by atomic mass is 16.5. The van der Waals surface area contributed by atoms with Crippen LogP contribution < -0.4 is 5.32 Å². The molecule has 2 fully saturated rings. The summed E-state index contributed by atoms with van der Waals surface area (Å²) < 4.78 is 9.46. The number of aromatic nitrogens is 3. The summed E-state index contributed by atoms with van der Waals surface area (Å²) in [5, 5.41) is 7.83. The van der Waals surface area contributed by atoms with Gasteiger partial charge in [-0.15, -0.1) is 0 Å². The minimum absolute atomic E-state index is 0.0365. The smallest absolute Gasteiger partial charge is 0.253 e. The van der Waals surface area contributed by atoms with Crippen LogP contribution in [0.5, 0.6) is 0 Å². The SMILES string of the molecule is O=C(NCCN1CCOCC1)c1cc(-c2ccn(CC3CC3)n2)n2ccccc12. The number of rotatable bonds is 7. The molecule has 0 atom stereocenters. The lowest BCUT2D eigenvalue weighted by Crippen LogP contribution is -2.41. The molecule has 29 heavy (non-hydrogen) atoms. The lowest BCUT2D eigenvalue weighted by atomic mass is 10.2. The topological polar surface area (TPSA) is 63.8 Å². The molecule has 3 aromatic heterocycles. The number of ether oxygens (including phenoxy) is 1. The van der Waals surface area contributed by atoms with Crippen molar-refractivity contribution in [1.82, 2.24) is 24.4 Å². The first-order valence-electron chi connectivity index (χ1n) is 10.5. The Labute approximate surface area is 170 Å². The zero-order valence-corrected chi connectivity index (χ0v) is 16.6. The summed E-state index contributed by atoms with van der Waals surface area (Å²) in [7, 11) is 0. The van der Waals surface area contributed by atoms with Gasteiger partial charge in [-0.2, -0.15) is 5.10 Å². The molecule has 0 aromatic carbocycles. The summed E-state index contributed by atoms with van der Waals surface area (Å²) in [5.74, 6) is 0.741. The summed E-state index contributed by atoms with van der Waals surface area (Å²) in [6, 6.07) is 9.94. The average molecular weight is 393 g/mol. The zero-order valence-electron chi connectivity index (χ0n) is 16.6. The second-order valence-electron chi connectivity index (χ2n) is 7.98. The third kappa shape index (κ3) is 4.06. The third-order valence-corrected chi connectivity index (χ3v) is 5.78. The van der Waals surface area contributed by atoms with Gasteiger partial charge in [0.05, 0.1) is 30.0 Å². The summed E-state index contributed by atoms with van der Waals surface area (Å²) in [5.41, 5.74) is 3.45. The number of fused-ring (bicyclic) bond motifs is 1. The van der Waals surface area contributed by atoms with Gasteiger partial charge >= 0.3 is 0 Å². The summed E-state index contributed by atoms with van der Waals surface area (Å²) in [6.07, 6.45) is 6.64. The summed E-state index contributed by atoms with van der Waals surface area (Å²) >= 11 is 0. The molecule has 1 N–H and O–H groups in total. The maximum atomic E-state index is 12.9. The van der Waals surface area contributed by atoms with Crippen molar-refractivity contribution in [2.45, 2.75) is 19.4 Å². The molecular formula is C22H27N5O2. The van der Waals surface area contributed by atoms with E-state index in [0.29, 0.717) is 12.1 Å². The molecule has 0 unspecified atom stereocenters. The van der Waals surface area contributed by atoms with Crippen molar-refractivity contribution in [3.8, 4) is 11.4 Å². The van der Waals surface area contributed by atoms with Gasteiger partial charge in [-0.1, -0.05) is 6.07 Å². The first-order valence-corrected chi connectivity index (χ1v) is 10.5. The number of hydrogen-bond donors (Lipinski definition) is 1. The fourth-order valence-corrected chi connectivity index (χ4v) is 3.94. The largest absolute Gasteiger partial charge is 0.379 e. The molecule has 1 saturated carbocycles. The van der Waals surface area contributed by atoms with Crippen molar-refractivity contribution in [3.63, 3.8) is 0 Å². The van der Waals surface area contributed by atoms with Crippen LogP contribution in [0.4, 0.5) is 0 Å². The number of carbonyl (C=O) groups excluding carboxylic acids is 1. The molecule has 1 aliphatic heterocycles. The van der Waals surface area contributed by atoms with E-state index in [-0.39, 0.29) is 5.91 Å². The summed E-state index contributed by atoms with van der Waals surface area (Å²) in [6.45, 7) is 5.87. The predicted octanol–water partition coefficient (Wildman–Crippen LogP) is 2.27. The first-order chi connectivity index (χ1) is 14.3. The van der Waals surface area contributed by atoms with Gasteiger partial charge in [0, 0.05) is 45.1 Å². The van der Waals surface area contributed by atoms with Crippen molar-refractivity contribution in [1.29, 1.82) is 0 Å². The number of nitrogens with zero attached hydrogens (tertiary/aromatic N) is 4. The first kappa shape index (κ1) is 18.4. The van der Waals surface area contributed by atoms with Crippen LogP contribution in [0.1, 0.15) is 23.2 Å². The number of morpholine rings is 1. The van der Waals surface area contributed by atoms with E-state index in [4.69, 9.17) is 9.84 Å². The van der Waals surface area contributed by atoms with Crippen LogP contribution in [0.3, 0.4) is 0 Å². The van der Waals surface area contributed by atoms with Crippen LogP contribution in [-0.2, 0) is 11.3 Å². The van der Waals surface area contributed by atoms with Crippen LogP contribution in [0, 0.1) is 5.92 Å². The maximum Gasteiger partial charge on any atom is 0.253 e. The molecule has 152 valence electrons. The minimum Gasteiger partial charge on any atom is -0.379 e. The van der Waals surface area contributed by atoms with Crippen LogP contribution in [0.15, 0.2) is 42.7 Å². The lowest BCUT2D eigenvalue weighted by Gasteiger charge is -2.26. The maximum absolute atomic E-state index is 12.9. The lowest BCUT2D eigenvalue weighted by molar-refractivity contribution is 0.0383. The molecule has 1 aliphatic carbocycles. The molecule has 7 nitrogen and oxygen atoms in total. The third-order valence-electron chi connectivity index (χ3n) is 5.78. The van der Waals surface area contributed by atoms with E-state index in [9.17, 15) is 4.79 Å². The zero-order chi connectivity index (χ0) is 19.6. The van der Waals surface area contributed by atoms with Gasteiger partial charge in [0.2, 0.25) is 0 Å². The second kappa shape index (κ2) is 8.00. The minimum atomic E-state index is -0.0365. The Morgan fingerprint density at radius 3 is 2.86 bits per heavy atom. The number of nitrogens with one attached hydrogen (secondary N) is 1. The highest BCUT2D eigenvalue weighted by molar-refractivity contribution is 6.02. The van der Waals surface area contributed by atoms with Crippen LogP contribution in [0.25, 0.3) is 16.9 Å².